The first-order valence-corrected chi connectivity index (χ1v) is 8.07. The van der Waals surface area contributed by atoms with Crippen LogP contribution in [-0.4, -0.2) is 29.3 Å². The van der Waals surface area contributed by atoms with Crippen molar-refractivity contribution in [3.05, 3.63) is 36.4 Å². The average Bonchev–Trinajstić information content (AvgIpc) is 2.72. The van der Waals surface area contributed by atoms with Crippen molar-refractivity contribution in [1.29, 1.82) is 0 Å². The van der Waals surface area contributed by atoms with Crippen molar-refractivity contribution in [2.75, 3.05) is 11.5 Å². The van der Waals surface area contributed by atoms with Crippen molar-refractivity contribution >= 4 is 15.4 Å². The molecule has 1 unspecified atom stereocenters. The third kappa shape index (κ3) is 2.27. The summed E-state index contributed by atoms with van der Waals surface area (Å²) in [6.07, 6.45) is 6.34. The van der Waals surface area contributed by atoms with E-state index in [9.17, 15) is 8.42 Å². The van der Waals surface area contributed by atoms with Crippen LogP contribution in [0, 0.1) is 5.92 Å². The minimum atomic E-state index is -2.83. The minimum absolute atomic E-state index is 0.217. The fraction of sp³-hybridized carbons (Fsp3) is 0.462. The van der Waals surface area contributed by atoms with Crippen LogP contribution in [0.25, 0.3) is 5.52 Å². The lowest BCUT2D eigenvalue weighted by Crippen LogP contribution is -2.26. The molecule has 2 aromatic heterocycles. The van der Waals surface area contributed by atoms with E-state index in [4.69, 9.17) is 0 Å². The Bertz CT molecular complexity index is 660. The smallest absolute Gasteiger partial charge is 0.150 e. The Morgan fingerprint density at radius 1 is 1.39 bits per heavy atom. The van der Waals surface area contributed by atoms with Crippen molar-refractivity contribution in [3.63, 3.8) is 0 Å². The van der Waals surface area contributed by atoms with E-state index >= 15 is 0 Å². The van der Waals surface area contributed by atoms with Gasteiger partial charge in [0.25, 0.3) is 0 Å². The number of sulfone groups is 1. The Morgan fingerprint density at radius 2 is 2.28 bits per heavy atom. The van der Waals surface area contributed by atoms with Gasteiger partial charge < -0.3 is 4.40 Å². The highest BCUT2D eigenvalue weighted by atomic mass is 32.2. The summed E-state index contributed by atoms with van der Waals surface area (Å²) in [6.45, 7) is 0. The van der Waals surface area contributed by atoms with Gasteiger partial charge in [-0.05, 0) is 30.9 Å². The molecule has 0 saturated carbocycles. The molecule has 0 N–H and O–H groups in total. The molecular weight excluding hydrogens is 248 g/mol. The van der Waals surface area contributed by atoms with Crippen molar-refractivity contribution < 1.29 is 8.42 Å². The van der Waals surface area contributed by atoms with Crippen molar-refractivity contribution in [3.8, 4) is 0 Å². The number of nitrogens with zero attached hydrogens (tertiary/aromatic N) is 2. The lowest BCUT2D eigenvalue weighted by Gasteiger charge is -2.21. The van der Waals surface area contributed by atoms with Crippen molar-refractivity contribution in [2.45, 2.75) is 19.3 Å². The summed E-state index contributed by atoms with van der Waals surface area (Å²) in [6, 6.07) is 5.95. The monoisotopic (exact) mass is 264 g/mol. The van der Waals surface area contributed by atoms with E-state index in [1.807, 2.05) is 35.0 Å². The Hall–Kier alpha value is -1.36. The molecule has 3 heterocycles. The first kappa shape index (κ1) is 11.7. The van der Waals surface area contributed by atoms with Gasteiger partial charge in [-0.2, -0.15) is 0 Å². The summed E-state index contributed by atoms with van der Waals surface area (Å²) >= 11 is 0. The zero-order valence-corrected chi connectivity index (χ0v) is 10.9. The molecule has 0 spiro atoms. The highest BCUT2D eigenvalue weighted by Crippen LogP contribution is 2.22. The average molecular weight is 264 g/mol. The molecule has 0 radical (unpaired) electrons. The van der Waals surface area contributed by atoms with E-state index < -0.39 is 9.84 Å². The number of fused-ring (bicyclic) bond motifs is 1. The van der Waals surface area contributed by atoms with Gasteiger partial charge in [-0.25, -0.2) is 13.4 Å². The van der Waals surface area contributed by atoms with Gasteiger partial charge in [-0.3, -0.25) is 0 Å². The molecule has 3 rings (SSSR count). The van der Waals surface area contributed by atoms with E-state index in [0.29, 0.717) is 11.5 Å². The molecule has 0 bridgehead atoms. The van der Waals surface area contributed by atoms with Crippen LogP contribution in [-0.2, 0) is 16.3 Å². The molecule has 1 atom stereocenters. The van der Waals surface area contributed by atoms with Crippen LogP contribution in [0.15, 0.2) is 30.6 Å². The van der Waals surface area contributed by atoms with E-state index in [1.54, 1.807) is 0 Å². The second-order valence-corrected chi connectivity index (χ2v) is 7.23. The lowest BCUT2D eigenvalue weighted by atomic mass is 10.0. The Morgan fingerprint density at radius 3 is 3.11 bits per heavy atom. The van der Waals surface area contributed by atoms with E-state index in [0.717, 1.165) is 30.6 Å². The molecule has 18 heavy (non-hydrogen) atoms. The number of rotatable bonds is 2. The second kappa shape index (κ2) is 4.39. The number of hydrogen-bond acceptors (Lipinski definition) is 3. The highest BCUT2D eigenvalue weighted by molar-refractivity contribution is 7.91. The molecule has 1 aliphatic rings. The van der Waals surface area contributed by atoms with Gasteiger partial charge in [0.1, 0.15) is 5.82 Å². The summed E-state index contributed by atoms with van der Waals surface area (Å²) in [5, 5.41) is 0. The van der Waals surface area contributed by atoms with Crippen LogP contribution >= 0.6 is 0 Å². The van der Waals surface area contributed by atoms with Crippen LogP contribution < -0.4 is 0 Å². The van der Waals surface area contributed by atoms with Gasteiger partial charge >= 0.3 is 0 Å². The molecule has 4 nitrogen and oxygen atoms in total. The summed E-state index contributed by atoms with van der Waals surface area (Å²) in [5.74, 6) is 1.85. The molecule has 96 valence electrons. The summed E-state index contributed by atoms with van der Waals surface area (Å²) in [4.78, 5) is 4.41. The topological polar surface area (TPSA) is 51.4 Å². The maximum atomic E-state index is 11.6. The fourth-order valence-corrected chi connectivity index (χ4v) is 4.46. The van der Waals surface area contributed by atoms with Crippen LogP contribution in [0.4, 0.5) is 0 Å². The van der Waals surface area contributed by atoms with Gasteiger partial charge in [-0.1, -0.05) is 6.07 Å². The standard InChI is InChI=1S/C13H16N2O2S/c16-18(17)7-3-4-11(10-18)8-13-14-9-12-5-1-2-6-15(12)13/h1-2,5-6,9,11H,3-4,7-8,10H2. The SMILES string of the molecule is O=S1(=O)CCCC(Cc2ncc3ccccn23)C1. The number of pyridine rings is 1. The maximum absolute atomic E-state index is 11.6. The molecule has 0 amide bonds. The molecule has 1 saturated heterocycles. The Kier molecular flexibility index (Phi) is 2.86. The molecule has 1 fully saturated rings. The van der Waals surface area contributed by atoms with Crippen LogP contribution in [0.2, 0.25) is 0 Å². The Labute approximate surface area is 107 Å². The summed E-state index contributed by atoms with van der Waals surface area (Å²) in [5.41, 5.74) is 1.06. The molecule has 0 aromatic carbocycles. The predicted molar refractivity (Wildman–Crippen MR) is 70.3 cm³/mol. The van der Waals surface area contributed by atoms with Gasteiger partial charge in [0.15, 0.2) is 9.84 Å². The highest BCUT2D eigenvalue weighted by Gasteiger charge is 2.25. The molecule has 1 aliphatic heterocycles. The first-order chi connectivity index (χ1) is 8.64. The van der Waals surface area contributed by atoms with Crippen LogP contribution in [0.5, 0.6) is 0 Å². The fourth-order valence-electron chi connectivity index (χ4n) is 2.69. The molecular formula is C13H16N2O2S. The van der Waals surface area contributed by atoms with Gasteiger partial charge in [-0.15, -0.1) is 0 Å². The van der Waals surface area contributed by atoms with Crippen LogP contribution in [0.1, 0.15) is 18.7 Å². The maximum Gasteiger partial charge on any atom is 0.150 e. The predicted octanol–water partition coefficient (Wildman–Crippen LogP) is 1.70. The van der Waals surface area contributed by atoms with Gasteiger partial charge in [0.2, 0.25) is 0 Å². The number of aromatic nitrogens is 2. The van der Waals surface area contributed by atoms with Gasteiger partial charge in [0, 0.05) is 12.6 Å². The van der Waals surface area contributed by atoms with Crippen molar-refractivity contribution in [2.24, 2.45) is 5.92 Å². The normalized spacial score (nSPS) is 23.2. The third-order valence-electron chi connectivity index (χ3n) is 3.54. The molecule has 0 aliphatic carbocycles. The molecule has 2 aromatic rings. The number of hydrogen-bond donors (Lipinski definition) is 0. The van der Waals surface area contributed by atoms with Gasteiger partial charge in [0.05, 0.1) is 23.2 Å². The lowest BCUT2D eigenvalue weighted by molar-refractivity contribution is 0.475. The first-order valence-electron chi connectivity index (χ1n) is 6.25. The van der Waals surface area contributed by atoms with E-state index in [1.165, 1.54) is 0 Å². The largest absolute Gasteiger partial charge is 0.304 e. The molecule has 5 heteroatoms. The third-order valence-corrected chi connectivity index (χ3v) is 5.43. The van der Waals surface area contributed by atoms with Crippen molar-refractivity contribution in [1.82, 2.24) is 9.38 Å². The summed E-state index contributed by atoms with van der Waals surface area (Å²) in [7, 11) is -2.83. The Balaban J connectivity index is 1.84. The summed E-state index contributed by atoms with van der Waals surface area (Å²) < 4.78 is 25.3. The minimum Gasteiger partial charge on any atom is -0.304 e. The van der Waals surface area contributed by atoms with E-state index in [2.05, 4.69) is 4.98 Å². The number of imidazole rings is 1. The van der Waals surface area contributed by atoms with E-state index in [-0.39, 0.29) is 5.92 Å². The zero-order valence-electron chi connectivity index (χ0n) is 10.1. The zero-order chi connectivity index (χ0) is 12.6. The second-order valence-electron chi connectivity index (χ2n) is 5.00. The quantitative estimate of drug-likeness (QED) is 0.829. The van der Waals surface area contributed by atoms with Crippen LogP contribution in [0.3, 0.4) is 0 Å².